The van der Waals surface area contributed by atoms with E-state index in [4.69, 9.17) is 28.4 Å². The van der Waals surface area contributed by atoms with Crippen LogP contribution in [0.4, 0.5) is 0 Å². The number of methoxy groups -OCH3 is 5. The standard InChI is InChI=1S/C28H36O8/c1-10-15(2)27(29)36-26-21-17(12-19(31-5)24(26)34-8)11-16(3)28(4,30)14-18-13-20(32-6)23(33-7)25(35-9)22(18)21/h10,12-13,16,30H,11,14H2,1-9H3/b15-10+/t16-,28+/m0/s1. The molecule has 2 aromatic carbocycles. The number of ether oxygens (including phenoxy) is 6. The summed E-state index contributed by atoms with van der Waals surface area (Å²) in [4.78, 5) is 13.0. The molecule has 0 spiro atoms. The second kappa shape index (κ2) is 10.7. The Kier molecular flexibility index (Phi) is 8.09. The van der Waals surface area contributed by atoms with Gasteiger partial charge in [-0.2, -0.15) is 0 Å². The zero-order valence-electron chi connectivity index (χ0n) is 22.5. The Labute approximate surface area is 212 Å². The number of hydrogen-bond donors (Lipinski definition) is 1. The SMILES string of the molecule is C/C=C(\C)C(=O)Oc1c(OC)c(OC)cc2c1-c1c(cc(OC)c(OC)c1OC)C[C@@](C)(O)[C@@H](C)C2. The second-order valence-electron chi connectivity index (χ2n) is 9.16. The van der Waals surface area contributed by atoms with Crippen LogP contribution in [0.1, 0.15) is 38.8 Å². The van der Waals surface area contributed by atoms with Gasteiger partial charge < -0.3 is 33.5 Å². The van der Waals surface area contributed by atoms with E-state index in [1.165, 1.54) is 28.4 Å². The van der Waals surface area contributed by atoms with Crippen molar-refractivity contribution in [1.29, 1.82) is 0 Å². The lowest BCUT2D eigenvalue weighted by Gasteiger charge is -2.36. The molecular formula is C28H36O8. The number of hydrogen-bond acceptors (Lipinski definition) is 8. The molecule has 0 amide bonds. The van der Waals surface area contributed by atoms with Crippen LogP contribution in [0.5, 0.6) is 34.5 Å². The van der Waals surface area contributed by atoms with Crippen LogP contribution < -0.4 is 28.4 Å². The van der Waals surface area contributed by atoms with Crippen molar-refractivity contribution < 1.29 is 38.3 Å². The van der Waals surface area contributed by atoms with Crippen molar-refractivity contribution in [3.05, 3.63) is 34.9 Å². The number of carbonyl (C=O) groups excluding carboxylic acids is 1. The lowest BCUT2D eigenvalue weighted by atomic mass is 9.75. The molecule has 8 nitrogen and oxygen atoms in total. The highest BCUT2D eigenvalue weighted by atomic mass is 16.6. The highest BCUT2D eigenvalue weighted by Gasteiger charge is 2.38. The molecule has 0 fully saturated rings. The van der Waals surface area contributed by atoms with Crippen LogP contribution in [0.15, 0.2) is 23.8 Å². The van der Waals surface area contributed by atoms with Crippen molar-refractivity contribution in [2.24, 2.45) is 5.92 Å². The quantitative estimate of drug-likeness (QED) is 0.331. The molecule has 8 heteroatoms. The van der Waals surface area contributed by atoms with Gasteiger partial charge in [0.25, 0.3) is 0 Å². The summed E-state index contributed by atoms with van der Waals surface area (Å²) < 4.78 is 34.5. The van der Waals surface area contributed by atoms with Gasteiger partial charge in [-0.25, -0.2) is 4.79 Å². The first-order valence-electron chi connectivity index (χ1n) is 11.8. The molecule has 1 aliphatic rings. The highest BCUT2D eigenvalue weighted by Crippen LogP contribution is 2.56. The van der Waals surface area contributed by atoms with Gasteiger partial charge in [-0.1, -0.05) is 13.0 Å². The number of benzene rings is 2. The van der Waals surface area contributed by atoms with Gasteiger partial charge in [0, 0.05) is 23.1 Å². The summed E-state index contributed by atoms with van der Waals surface area (Å²) in [5, 5.41) is 11.5. The Bertz CT molecular complexity index is 1180. The molecule has 0 saturated heterocycles. The molecule has 1 aliphatic carbocycles. The van der Waals surface area contributed by atoms with Crippen LogP contribution >= 0.6 is 0 Å². The van der Waals surface area contributed by atoms with E-state index >= 15 is 0 Å². The molecular weight excluding hydrogens is 464 g/mol. The van der Waals surface area contributed by atoms with Gasteiger partial charge in [-0.15, -0.1) is 0 Å². The van der Waals surface area contributed by atoms with Gasteiger partial charge in [0.05, 0.1) is 41.2 Å². The lowest BCUT2D eigenvalue weighted by molar-refractivity contribution is -0.130. The number of rotatable bonds is 7. The second-order valence-corrected chi connectivity index (χ2v) is 9.16. The van der Waals surface area contributed by atoms with E-state index < -0.39 is 11.6 Å². The summed E-state index contributed by atoms with van der Waals surface area (Å²) in [5.74, 6) is 1.46. The Morgan fingerprint density at radius 3 is 1.89 bits per heavy atom. The van der Waals surface area contributed by atoms with Crippen LogP contribution in [-0.2, 0) is 17.6 Å². The van der Waals surface area contributed by atoms with E-state index in [1.807, 2.05) is 26.0 Å². The molecule has 2 aromatic rings. The molecule has 2 atom stereocenters. The van der Waals surface area contributed by atoms with Crippen molar-refractivity contribution >= 4 is 5.97 Å². The first-order valence-corrected chi connectivity index (χ1v) is 11.8. The largest absolute Gasteiger partial charge is 0.493 e. The average Bonchev–Trinajstić information content (AvgIpc) is 2.86. The molecule has 0 aromatic heterocycles. The number of carbonyl (C=O) groups is 1. The topological polar surface area (TPSA) is 92.7 Å². The average molecular weight is 501 g/mol. The van der Waals surface area contributed by atoms with Crippen molar-refractivity contribution in [3.8, 4) is 45.6 Å². The number of aliphatic hydroxyl groups is 1. The van der Waals surface area contributed by atoms with Gasteiger partial charge in [0.1, 0.15) is 0 Å². The molecule has 0 radical (unpaired) electrons. The maximum atomic E-state index is 13.0. The van der Waals surface area contributed by atoms with E-state index in [9.17, 15) is 9.90 Å². The third-order valence-electron chi connectivity index (χ3n) is 6.96. The van der Waals surface area contributed by atoms with Crippen LogP contribution in [0.3, 0.4) is 0 Å². The molecule has 0 aliphatic heterocycles. The van der Waals surface area contributed by atoms with Gasteiger partial charge in [0.15, 0.2) is 23.0 Å². The van der Waals surface area contributed by atoms with Crippen molar-refractivity contribution in [1.82, 2.24) is 0 Å². The molecule has 196 valence electrons. The fourth-order valence-electron chi connectivity index (χ4n) is 4.57. The van der Waals surface area contributed by atoms with E-state index in [-0.39, 0.29) is 17.4 Å². The molecule has 0 heterocycles. The first kappa shape index (κ1) is 27.2. The zero-order valence-corrected chi connectivity index (χ0v) is 22.5. The van der Waals surface area contributed by atoms with E-state index in [2.05, 4.69) is 0 Å². The van der Waals surface area contributed by atoms with Gasteiger partial charge >= 0.3 is 5.97 Å². The molecule has 0 bridgehead atoms. The summed E-state index contributed by atoms with van der Waals surface area (Å²) in [6.45, 7) is 7.25. The minimum Gasteiger partial charge on any atom is -0.493 e. The summed E-state index contributed by atoms with van der Waals surface area (Å²) in [6, 6.07) is 3.68. The number of allylic oxidation sites excluding steroid dienone is 1. The predicted molar refractivity (Wildman–Crippen MR) is 137 cm³/mol. The fraction of sp³-hybridized carbons (Fsp3) is 0.464. The minimum absolute atomic E-state index is 0.151. The third-order valence-corrected chi connectivity index (χ3v) is 6.96. The van der Waals surface area contributed by atoms with Crippen LogP contribution in [0, 0.1) is 5.92 Å². The summed E-state index contributed by atoms with van der Waals surface area (Å²) >= 11 is 0. The molecule has 1 N–H and O–H groups in total. The zero-order chi connectivity index (χ0) is 26.8. The Balaban J connectivity index is 2.56. The van der Waals surface area contributed by atoms with E-state index in [1.54, 1.807) is 27.0 Å². The smallest absolute Gasteiger partial charge is 0.338 e. The number of esters is 1. The van der Waals surface area contributed by atoms with Crippen LogP contribution in [0.25, 0.3) is 11.1 Å². The molecule has 0 unspecified atom stereocenters. The fourth-order valence-corrected chi connectivity index (χ4v) is 4.57. The summed E-state index contributed by atoms with van der Waals surface area (Å²) in [5.41, 5.74) is 2.17. The van der Waals surface area contributed by atoms with Gasteiger partial charge in [-0.05, 0) is 56.4 Å². The van der Waals surface area contributed by atoms with Gasteiger partial charge in [-0.3, -0.25) is 0 Å². The highest BCUT2D eigenvalue weighted by molar-refractivity contribution is 5.94. The Hall–Kier alpha value is -3.39. The van der Waals surface area contributed by atoms with E-state index in [0.717, 1.165) is 11.1 Å². The third kappa shape index (κ3) is 4.69. The summed E-state index contributed by atoms with van der Waals surface area (Å²) in [7, 11) is 7.63. The Morgan fingerprint density at radius 2 is 1.39 bits per heavy atom. The van der Waals surface area contributed by atoms with Gasteiger partial charge in [0.2, 0.25) is 11.5 Å². The minimum atomic E-state index is -1.05. The van der Waals surface area contributed by atoms with Crippen LogP contribution in [-0.4, -0.2) is 52.2 Å². The number of fused-ring (bicyclic) bond motifs is 3. The monoisotopic (exact) mass is 500 g/mol. The maximum absolute atomic E-state index is 13.0. The van der Waals surface area contributed by atoms with Crippen molar-refractivity contribution in [3.63, 3.8) is 0 Å². The summed E-state index contributed by atoms with van der Waals surface area (Å²) in [6.07, 6.45) is 2.46. The normalized spacial score (nSPS) is 19.3. The van der Waals surface area contributed by atoms with Crippen LogP contribution in [0.2, 0.25) is 0 Å². The van der Waals surface area contributed by atoms with E-state index in [0.29, 0.717) is 52.5 Å². The van der Waals surface area contributed by atoms with Crippen molar-refractivity contribution in [2.75, 3.05) is 35.5 Å². The Morgan fingerprint density at radius 1 is 0.889 bits per heavy atom. The first-order chi connectivity index (χ1) is 17.1. The molecule has 3 rings (SSSR count). The molecule has 0 saturated carbocycles. The van der Waals surface area contributed by atoms with Crippen molar-refractivity contribution in [2.45, 2.75) is 46.1 Å². The lowest BCUT2D eigenvalue weighted by Crippen LogP contribution is -2.37. The maximum Gasteiger partial charge on any atom is 0.338 e. The predicted octanol–water partition coefficient (Wildman–Crippen LogP) is 4.75. The molecule has 36 heavy (non-hydrogen) atoms.